The number of aromatic nitrogens is 1. The molecule has 19 heavy (non-hydrogen) atoms. The molecule has 0 saturated carbocycles. The lowest BCUT2D eigenvalue weighted by Crippen LogP contribution is -2.39. The standard InChI is InChI=1S/C13H22ClN3OS/c1-4-11(13-16-10(7-14)9-19-13)17(6-3)8-12(18)15-5-2/h9,11H,4-8H2,1-3H3,(H,15,18). The third-order valence-corrected chi connectivity index (χ3v) is 4.21. The van der Waals surface area contributed by atoms with Gasteiger partial charge in [0.15, 0.2) is 0 Å². The van der Waals surface area contributed by atoms with Gasteiger partial charge in [-0.05, 0) is 19.9 Å². The van der Waals surface area contributed by atoms with Crippen LogP contribution in [0.2, 0.25) is 0 Å². The van der Waals surface area contributed by atoms with Crippen molar-refractivity contribution in [1.29, 1.82) is 0 Å². The first-order valence-electron chi connectivity index (χ1n) is 6.67. The van der Waals surface area contributed by atoms with Gasteiger partial charge in [0.05, 0.1) is 24.2 Å². The van der Waals surface area contributed by atoms with Gasteiger partial charge >= 0.3 is 0 Å². The molecule has 1 aromatic heterocycles. The van der Waals surface area contributed by atoms with Gasteiger partial charge in [0.2, 0.25) is 5.91 Å². The molecule has 1 rings (SSSR count). The van der Waals surface area contributed by atoms with Gasteiger partial charge in [-0.15, -0.1) is 22.9 Å². The molecule has 0 saturated heterocycles. The van der Waals surface area contributed by atoms with Crippen LogP contribution in [0, 0.1) is 0 Å². The van der Waals surface area contributed by atoms with E-state index in [1.54, 1.807) is 11.3 Å². The van der Waals surface area contributed by atoms with E-state index in [1.807, 2.05) is 12.3 Å². The summed E-state index contributed by atoms with van der Waals surface area (Å²) in [5.74, 6) is 0.506. The zero-order valence-corrected chi connectivity index (χ0v) is 13.4. The van der Waals surface area contributed by atoms with E-state index in [2.05, 4.69) is 29.0 Å². The first-order chi connectivity index (χ1) is 9.15. The Hall–Kier alpha value is -0.650. The fourth-order valence-corrected chi connectivity index (χ4v) is 3.27. The van der Waals surface area contributed by atoms with E-state index in [4.69, 9.17) is 11.6 Å². The van der Waals surface area contributed by atoms with Crippen LogP contribution >= 0.6 is 22.9 Å². The monoisotopic (exact) mass is 303 g/mol. The summed E-state index contributed by atoms with van der Waals surface area (Å²) in [6, 6.07) is 0.189. The van der Waals surface area contributed by atoms with Gasteiger partial charge < -0.3 is 5.32 Å². The number of thiazole rings is 1. The van der Waals surface area contributed by atoms with Gasteiger partial charge in [0.25, 0.3) is 0 Å². The molecule has 0 fully saturated rings. The van der Waals surface area contributed by atoms with Gasteiger partial charge in [-0.2, -0.15) is 0 Å². The van der Waals surface area contributed by atoms with Gasteiger partial charge in [0.1, 0.15) is 5.01 Å². The van der Waals surface area contributed by atoms with E-state index in [9.17, 15) is 4.79 Å². The average molecular weight is 304 g/mol. The van der Waals surface area contributed by atoms with E-state index in [-0.39, 0.29) is 11.9 Å². The van der Waals surface area contributed by atoms with Crippen LogP contribution in [0.15, 0.2) is 5.38 Å². The van der Waals surface area contributed by atoms with E-state index in [1.165, 1.54) is 0 Å². The molecule has 108 valence electrons. The molecule has 0 spiro atoms. The van der Waals surface area contributed by atoms with Crippen LogP contribution in [0.3, 0.4) is 0 Å². The van der Waals surface area contributed by atoms with Crippen LogP contribution in [0.25, 0.3) is 0 Å². The minimum atomic E-state index is 0.0666. The topological polar surface area (TPSA) is 45.2 Å². The van der Waals surface area contributed by atoms with Gasteiger partial charge in [-0.1, -0.05) is 13.8 Å². The number of hydrogen-bond acceptors (Lipinski definition) is 4. The summed E-state index contributed by atoms with van der Waals surface area (Å²) in [6.07, 6.45) is 0.933. The molecule has 0 aromatic carbocycles. The summed E-state index contributed by atoms with van der Waals surface area (Å²) in [6.45, 7) is 8.02. The maximum absolute atomic E-state index is 11.7. The number of likely N-dealkylation sites (N-methyl/N-ethyl adjacent to an activating group) is 2. The molecule has 1 atom stereocenters. The fraction of sp³-hybridized carbons (Fsp3) is 0.692. The highest BCUT2D eigenvalue weighted by Gasteiger charge is 2.22. The minimum absolute atomic E-state index is 0.0666. The second-order valence-corrected chi connectivity index (χ2v) is 5.41. The molecule has 1 N–H and O–H groups in total. The van der Waals surface area contributed by atoms with Crippen molar-refractivity contribution in [3.05, 3.63) is 16.1 Å². The van der Waals surface area contributed by atoms with Crippen LogP contribution in [-0.4, -0.2) is 35.4 Å². The van der Waals surface area contributed by atoms with Gasteiger partial charge in [-0.25, -0.2) is 4.98 Å². The third-order valence-electron chi connectivity index (χ3n) is 2.95. The number of nitrogens with zero attached hydrogens (tertiary/aromatic N) is 2. The lowest BCUT2D eigenvalue weighted by atomic mass is 10.2. The maximum Gasteiger partial charge on any atom is 0.234 e. The predicted octanol–water partition coefficient (Wildman–Crippen LogP) is 2.79. The van der Waals surface area contributed by atoms with E-state index in [0.717, 1.165) is 23.7 Å². The molecule has 0 aliphatic rings. The summed E-state index contributed by atoms with van der Waals surface area (Å²) in [5, 5.41) is 5.88. The summed E-state index contributed by atoms with van der Waals surface area (Å²) in [5.41, 5.74) is 0.911. The van der Waals surface area contributed by atoms with Crippen molar-refractivity contribution in [2.75, 3.05) is 19.6 Å². The number of alkyl halides is 1. The van der Waals surface area contributed by atoms with Gasteiger partial charge in [-0.3, -0.25) is 9.69 Å². The van der Waals surface area contributed by atoms with E-state index in [0.29, 0.717) is 19.0 Å². The Morgan fingerprint density at radius 2 is 2.26 bits per heavy atom. The molecule has 0 bridgehead atoms. The van der Waals surface area contributed by atoms with Crippen molar-refractivity contribution in [2.45, 2.75) is 39.1 Å². The molecule has 0 aliphatic carbocycles. The highest BCUT2D eigenvalue weighted by Crippen LogP contribution is 2.27. The summed E-state index contributed by atoms with van der Waals surface area (Å²) < 4.78 is 0. The predicted molar refractivity (Wildman–Crippen MR) is 80.6 cm³/mol. The normalized spacial score (nSPS) is 12.7. The van der Waals surface area contributed by atoms with Crippen LogP contribution < -0.4 is 5.32 Å². The highest BCUT2D eigenvalue weighted by atomic mass is 35.5. The molecule has 4 nitrogen and oxygen atoms in total. The molecule has 1 heterocycles. The van der Waals surface area contributed by atoms with Crippen molar-refractivity contribution in [2.24, 2.45) is 0 Å². The lowest BCUT2D eigenvalue weighted by Gasteiger charge is -2.27. The Morgan fingerprint density at radius 3 is 2.74 bits per heavy atom. The molecule has 6 heteroatoms. The highest BCUT2D eigenvalue weighted by molar-refractivity contribution is 7.09. The van der Waals surface area contributed by atoms with E-state index >= 15 is 0 Å². The van der Waals surface area contributed by atoms with Crippen molar-refractivity contribution in [3.8, 4) is 0 Å². The Labute approximate surface area is 124 Å². The number of hydrogen-bond donors (Lipinski definition) is 1. The maximum atomic E-state index is 11.7. The average Bonchev–Trinajstić information content (AvgIpc) is 2.87. The molecule has 1 amide bonds. The molecular weight excluding hydrogens is 282 g/mol. The quantitative estimate of drug-likeness (QED) is 0.751. The Bertz CT molecular complexity index is 397. The Kier molecular flexibility index (Phi) is 7.34. The van der Waals surface area contributed by atoms with Gasteiger partial charge in [0, 0.05) is 11.9 Å². The van der Waals surface area contributed by atoms with Crippen LogP contribution in [0.4, 0.5) is 0 Å². The third kappa shape index (κ3) is 4.75. The molecule has 0 radical (unpaired) electrons. The first-order valence-corrected chi connectivity index (χ1v) is 8.08. The molecule has 0 aliphatic heterocycles. The summed E-state index contributed by atoms with van der Waals surface area (Å²) >= 11 is 7.42. The number of carbonyl (C=O) groups excluding carboxylic acids is 1. The number of halogens is 1. The number of nitrogens with one attached hydrogen (secondary N) is 1. The zero-order valence-electron chi connectivity index (χ0n) is 11.8. The molecule has 1 aromatic rings. The summed E-state index contributed by atoms with van der Waals surface area (Å²) in [7, 11) is 0. The summed E-state index contributed by atoms with van der Waals surface area (Å²) in [4.78, 5) is 18.4. The van der Waals surface area contributed by atoms with Crippen LogP contribution in [0.1, 0.15) is 43.9 Å². The van der Waals surface area contributed by atoms with Crippen molar-refractivity contribution in [3.63, 3.8) is 0 Å². The zero-order chi connectivity index (χ0) is 14.3. The van der Waals surface area contributed by atoms with Crippen molar-refractivity contribution in [1.82, 2.24) is 15.2 Å². The SMILES string of the molecule is CCNC(=O)CN(CC)C(CC)c1nc(CCl)cs1. The van der Waals surface area contributed by atoms with Crippen molar-refractivity contribution < 1.29 is 4.79 Å². The van der Waals surface area contributed by atoms with Crippen LogP contribution in [-0.2, 0) is 10.7 Å². The fourth-order valence-electron chi connectivity index (χ4n) is 2.01. The number of carbonyl (C=O) groups is 1. The van der Waals surface area contributed by atoms with Crippen LogP contribution in [0.5, 0.6) is 0 Å². The number of amides is 1. The van der Waals surface area contributed by atoms with Crippen molar-refractivity contribution >= 4 is 28.8 Å². The second-order valence-electron chi connectivity index (χ2n) is 4.25. The Balaban J connectivity index is 2.77. The first kappa shape index (κ1) is 16.4. The Morgan fingerprint density at radius 1 is 1.53 bits per heavy atom. The number of rotatable bonds is 8. The lowest BCUT2D eigenvalue weighted by molar-refractivity contribution is -0.122. The second kappa shape index (κ2) is 8.51. The minimum Gasteiger partial charge on any atom is -0.355 e. The van der Waals surface area contributed by atoms with E-state index < -0.39 is 0 Å². The molecular formula is C13H22ClN3OS. The largest absolute Gasteiger partial charge is 0.355 e. The smallest absolute Gasteiger partial charge is 0.234 e. The molecule has 1 unspecified atom stereocenters.